The van der Waals surface area contributed by atoms with Crippen LogP contribution in [0.25, 0.3) is 0 Å². The summed E-state index contributed by atoms with van der Waals surface area (Å²) in [6, 6.07) is 0. The molecule has 2 rings (SSSR count). The van der Waals surface area contributed by atoms with Crippen LogP contribution in [0.2, 0.25) is 0 Å². The summed E-state index contributed by atoms with van der Waals surface area (Å²) in [6.45, 7) is 5.18. The molecule has 3 heteroatoms. The molecule has 2 fully saturated rings. The minimum Gasteiger partial charge on any atom is -0.396 e. The lowest BCUT2D eigenvalue weighted by Gasteiger charge is -2.39. The van der Waals surface area contributed by atoms with Crippen molar-refractivity contribution in [3.63, 3.8) is 0 Å². The topological polar surface area (TPSA) is 38.7 Å². The zero-order valence-corrected chi connectivity index (χ0v) is 8.50. The first-order valence-corrected chi connectivity index (χ1v) is 5.28. The predicted octanol–water partition coefficient (Wildman–Crippen LogP) is 1.47. The van der Waals surface area contributed by atoms with Gasteiger partial charge in [-0.2, -0.15) is 0 Å². The third-order valence-corrected chi connectivity index (χ3v) is 3.56. The molecule has 0 aromatic carbocycles. The van der Waals surface area contributed by atoms with Gasteiger partial charge in [0.25, 0.3) is 0 Å². The summed E-state index contributed by atoms with van der Waals surface area (Å²) in [6.07, 6.45) is 5.56. The molecule has 0 radical (unpaired) electrons. The molecular formula is C11H18O3. The molecule has 1 saturated heterocycles. The molecule has 0 amide bonds. The SMILES string of the molecule is C=CCC1(CO)CCCC12OCCO2. The minimum atomic E-state index is -0.518. The maximum Gasteiger partial charge on any atom is 0.176 e. The standard InChI is InChI=1S/C11H18O3/c1-2-4-10(9-12)5-3-6-11(10)13-7-8-14-11/h2,12H,1,3-9H2. The van der Waals surface area contributed by atoms with Crippen molar-refractivity contribution in [2.24, 2.45) is 5.41 Å². The summed E-state index contributed by atoms with van der Waals surface area (Å²) in [4.78, 5) is 0. The van der Waals surface area contributed by atoms with Crippen molar-refractivity contribution >= 4 is 0 Å². The lowest BCUT2D eigenvalue weighted by molar-refractivity contribution is -0.230. The van der Waals surface area contributed by atoms with Crippen LogP contribution in [-0.2, 0) is 9.47 Å². The maximum absolute atomic E-state index is 9.57. The highest BCUT2D eigenvalue weighted by atomic mass is 16.7. The average Bonchev–Trinajstić information content (AvgIpc) is 2.78. The lowest BCUT2D eigenvalue weighted by Crippen LogP contribution is -2.47. The van der Waals surface area contributed by atoms with Crippen LogP contribution in [0.3, 0.4) is 0 Å². The van der Waals surface area contributed by atoms with Crippen molar-refractivity contribution in [2.75, 3.05) is 19.8 Å². The van der Waals surface area contributed by atoms with Gasteiger partial charge in [0, 0.05) is 6.42 Å². The summed E-state index contributed by atoms with van der Waals surface area (Å²) < 4.78 is 11.5. The van der Waals surface area contributed by atoms with Gasteiger partial charge in [0.05, 0.1) is 25.2 Å². The van der Waals surface area contributed by atoms with Gasteiger partial charge in [0.15, 0.2) is 5.79 Å². The van der Waals surface area contributed by atoms with E-state index in [1.165, 1.54) is 0 Å². The van der Waals surface area contributed by atoms with Gasteiger partial charge in [0.1, 0.15) is 0 Å². The van der Waals surface area contributed by atoms with Crippen molar-refractivity contribution in [3.05, 3.63) is 12.7 Å². The third kappa shape index (κ3) is 1.23. The fraction of sp³-hybridized carbons (Fsp3) is 0.818. The van der Waals surface area contributed by atoms with E-state index in [1.807, 2.05) is 6.08 Å². The van der Waals surface area contributed by atoms with Gasteiger partial charge in [-0.05, 0) is 19.3 Å². The summed E-state index contributed by atoms with van der Waals surface area (Å²) in [5, 5.41) is 9.57. The van der Waals surface area contributed by atoms with Crippen LogP contribution in [0.1, 0.15) is 25.7 Å². The Bertz CT molecular complexity index is 215. The second-order valence-corrected chi connectivity index (χ2v) is 4.23. The van der Waals surface area contributed by atoms with Crippen molar-refractivity contribution in [1.82, 2.24) is 0 Å². The highest BCUT2D eigenvalue weighted by Gasteiger charge is 2.57. The van der Waals surface area contributed by atoms with E-state index in [4.69, 9.17) is 9.47 Å². The average molecular weight is 198 g/mol. The van der Waals surface area contributed by atoms with Crippen LogP contribution in [-0.4, -0.2) is 30.7 Å². The van der Waals surface area contributed by atoms with E-state index in [9.17, 15) is 5.11 Å². The Morgan fingerprint density at radius 1 is 1.29 bits per heavy atom. The Morgan fingerprint density at radius 3 is 2.57 bits per heavy atom. The number of ether oxygens (including phenoxy) is 2. The number of aliphatic hydroxyl groups is 1. The van der Waals surface area contributed by atoms with Crippen molar-refractivity contribution in [3.8, 4) is 0 Å². The molecule has 3 nitrogen and oxygen atoms in total. The quantitative estimate of drug-likeness (QED) is 0.698. The first-order valence-electron chi connectivity index (χ1n) is 5.28. The van der Waals surface area contributed by atoms with Crippen LogP contribution in [0.5, 0.6) is 0 Å². The molecule has 1 spiro atoms. The first-order chi connectivity index (χ1) is 6.79. The molecule has 1 aliphatic heterocycles. The van der Waals surface area contributed by atoms with E-state index < -0.39 is 5.79 Å². The van der Waals surface area contributed by atoms with Crippen LogP contribution in [0, 0.1) is 5.41 Å². The number of aliphatic hydroxyl groups excluding tert-OH is 1. The van der Waals surface area contributed by atoms with Crippen LogP contribution >= 0.6 is 0 Å². The zero-order valence-electron chi connectivity index (χ0n) is 8.50. The number of rotatable bonds is 3. The van der Waals surface area contributed by atoms with Crippen molar-refractivity contribution in [2.45, 2.75) is 31.5 Å². The van der Waals surface area contributed by atoms with E-state index in [0.29, 0.717) is 13.2 Å². The fourth-order valence-electron chi connectivity index (χ4n) is 2.82. The largest absolute Gasteiger partial charge is 0.396 e. The van der Waals surface area contributed by atoms with Crippen LogP contribution in [0.15, 0.2) is 12.7 Å². The van der Waals surface area contributed by atoms with E-state index in [-0.39, 0.29) is 12.0 Å². The molecule has 14 heavy (non-hydrogen) atoms. The smallest absolute Gasteiger partial charge is 0.176 e. The highest BCUT2D eigenvalue weighted by molar-refractivity contribution is 5.03. The second-order valence-electron chi connectivity index (χ2n) is 4.23. The van der Waals surface area contributed by atoms with Gasteiger partial charge < -0.3 is 14.6 Å². The summed E-state index contributed by atoms with van der Waals surface area (Å²) in [5.41, 5.74) is -0.245. The summed E-state index contributed by atoms with van der Waals surface area (Å²) >= 11 is 0. The van der Waals surface area contributed by atoms with Gasteiger partial charge >= 0.3 is 0 Å². The van der Waals surface area contributed by atoms with Gasteiger partial charge in [-0.3, -0.25) is 0 Å². The number of hydrogen-bond acceptors (Lipinski definition) is 3. The molecule has 1 heterocycles. The van der Waals surface area contributed by atoms with E-state index >= 15 is 0 Å². The monoisotopic (exact) mass is 198 g/mol. The number of allylic oxidation sites excluding steroid dienone is 1. The minimum absolute atomic E-state index is 0.124. The Kier molecular flexibility index (Phi) is 2.64. The fourth-order valence-corrected chi connectivity index (χ4v) is 2.82. The molecule has 1 N–H and O–H groups in total. The Hall–Kier alpha value is -0.380. The van der Waals surface area contributed by atoms with Gasteiger partial charge in [-0.1, -0.05) is 6.08 Å². The molecular weight excluding hydrogens is 180 g/mol. The molecule has 2 aliphatic rings. The molecule has 0 aromatic rings. The van der Waals surface area contributed by atoms with E-state index in [1.54, 1.807) is 0 Å². The molecule has 1 saturated carbocycles. The van der Waals surface area contributed by atoms with Crippen LogP contribution in [0.4, 0.5) is 0 Å². The summed E-state index contributed by atoms with van der Waals surface area (Å²) in [7, 11) is 0. The van der Waals surface area contributed by atoms with Crippen molar-refractivity contribution < 1.29 is 14.6 Å². The highest BCUT2D eigenvalue weighted by Crippen LogP contribution is 2.53. The molecule has 80 valence electrons. The Morgan fingerprint density at radius 2 is 2.00 bits per heavy atom. The van der Waals surface area contributed by atoms with Gasteiger partial charge in [-0.15, -0.1) is 6.58 Å². The van der Waals surface area contributed by atoms with Crippen LogP contribution < -0.4 is 0 Å². The van der Waals surface area contributed by atoms with E-state index in [2.05, 4.69) is 6.58 Å². The maximum atomic E-state index is 9.57. The zero-order chi connectivity index (χ0) is 10.1. The molecule has 0 bridgehead atoms. The van der Waals surface area contributed by atoms with Crippen molar-refractivity contribution in [1.29, 1.82) is 0 Å². The van der Waals surface area contributed by atoms with Gasteiger partial charge in [-0.25, -0.2) is 0 Å². The number of hydrogen-bond donors (Lipinski definition) is 1. The molecule has 1 aliphatic carbocycles. The van der Waals surface area contributed by atoms with Gasteiger partial charge in [0.2, 0.25) is 0 Å². The van der Waals surface area contributed by atoms with E-state index in [0.717, 1.165) is 25.7 Å². The first kappa shape index (κ1) is 10.1. The normalized spacial score (nSPS) is 35.2. The Balaban J connectivity index is 2.25. The molecule has 0 aromatic heterocycles. The Labute approximate surface area is 84.7 Å². The molecule has 1 atom stereocenters. The third-order valence-electron chi connectivity index (χ3n) is 3.56. The molecule has 1 unspecified atom stereocenters. The lowest BCUT2D eigenvalue weighted by atomic mass is 9.79. The second kappa shape index (κ2) is 3.65. The predicted molar refractivity (Wildman–Crippen MR) is 52.8 cm³/mol. The summed E-state index contributed by atoms with van der Waals surface area (Å²) in [5.74, 6) is -0.518.